The summed E-state index contributed by atoms with van der Waals surface area (Å²) < 4.78 is 10.3. The molecule has 0 unspecified atom stereocenters. The smallest absolute Gasteiger partial charge is 0.224 e. The molecule has 0 heterocycles. The van der Waals surface area contributed by atoms with Gasteiger partial charge in [-0.3, -0.25) is 4.79 Å². The Morgan fingerprint density at radius 3 is 2.44 bits per heavy atom. The van der Waals surface area contributed by atoms with Crippen molar-refractivity contribution in [1.82, 2.24) is 0 Å². The minimum Gasteiger partial charge on any atom is -0.493 e. The molecular weight excluding hydrogens is 228 g/mol. The lowest BCUT2D eigenvalue weighted by Gasteiger charge is -2.11. The van der Waals surface area contributed by atoms with Gasteiger partial charge in [0.15, 0.2) is 11.5 Å². The summed E-state index contributed by atoms with van der Waals surface area (Å²) >= 11 is 5.42. The summed E-state index contributed by atoms with van der Waals surface area (Å²) in [7, 11) is 3.17. The van der Waals surface area contributed by atoms with Gasteiger partial charge in [-0.2, -0.15) is 0 Å². The summed E-state index contributed by atoms with van der Waals surface area (Å²) in [6, 6.07) is 5.58. The largest absolute Gasteiger partial charge is 0.493 e. The zero-order valence-electron chi connectivity index (χ0n) is 9.62. The van der Waals surface area contributed by atoms with Gasteiger partial charge < -0.3 is 9.47 Å². The van der Waals surface area contributed by atoms with Crippen LogP contribution < -0.4 is 9.47 Å². The van der Waals surface area contributed by atoms with E-state index in [1.807, 2.05) is 18.2 Å². The molecule has 0 radical (unpaired) electrons. The summed E-state index contributed by atoms with van der Waals surface area (Å²) in [4.78, 5) is 10.9. The van der Waals surface area contributed by atoms with Crippen LogP contribution in [0.25, 0.3) is 0 Å². The molecule has 0 N–H and O–H groups in total. The highest BCUT2D eigenvalue weighted by Crippen LogP contribution is 2.28. The molecule has 0 saturated heterocycles. The lowest BCUT2D eigenvalue weighted by Crippen LogP contribution is -2.07. The number of carbonyl (C=O) groups is 1. The molecule has 0 aliphatic rings. The SMILES string of the molecule is COc1ccc(C[C@H](C)C(=O)Cl)cc1OC. The van der Waals surface area contributed by atoms with Crippen LogP contribution in [-0.4, -0.2) is 19.5 Å². The first kappa shape index (κ1) is 12.8. The monoisotopic (exact) mass is 242 g/mol. The first-order valence-electron chi connectivity index (χ1n) is 4.98. The molecule has 3 nitrogen and oxygen atoms in total. The maximum absolute atomic E-state index is 10.9. The Hall–Kier alpha value is -1.22. The fourth-order valence-electron chi connectivity index (χ4n) is 1.44. The zero-order valence-corrected chi connectivity index (χ0v) is 10.4. The third-order valence-corrected chi connectivity index (χ3v) is 2.75. The van der Waals surface area contributed by atoms with E-state index in [2.05, 4.69) is 0 Å². The predicted octanol–water partition coefficient (Wildman–Crippen LogP) is 2.65. The average Bonchev–Trinajstić information content (AvgIpc) is 2.28. The first-order chi connectivity index (χ1) is 7.58. The van der Waals surface area contributed by atoms with E-state index in [1.54, 1.807) is 21.1 Å². The number of carbonyl (C=O) groups excluding carboxylic acids is 1. The molecule has 0 aliphatic heterocycles. The van der Waals surface area contributed by atoms with Crippen molar-refractivity contribution in [2.24, 2.45) is 5.92 Å². The summed E-state index contributed by atoms with van der Waals surface area (Å²) in [5.74, 6) is 1.14. The van der Waals surface area contributed by atoms with Crippen molar-refractivity contribution < 1.29 is 14.3 Å². The highest BCUT2D eigenvalue weighted by Gasteiger charge is 2.12. The van der Waals surface area contributed by atoms with E-state index in [9.17, 15) is 4.79 Å². The molecule has 1 atom stereocenters. The van der Waals surface area contributed by atoms with Crippen molar-refractivity contribution in [3.63, 3.8) is 0 Å². The van der Waals surface area contributed by atoms with Gasteiger partial charge in [-0.25, -0.2) is 0 Å². The second-order valence-electron chi connectivity index (χ2n) is 3.60. The van der Waals surface area contributed by atoms with Crippen molar-refractivity contribution in [1.29, 1.82) is 0 Å². The average molecular weight is 243 g/mol. The van der Waals surface area contributed by atoms with Crippen LogP contribution in [0.4, 0.5) is 0 Å². The minimum atomic E-state index is -0.324. The summed E-state index contributed by atoms with van der Waals surface area (Å²) in [6.45, 7) is 1.80. The topological polar surface area (TPSA) is 35.5 Å². The fourth-order valence-corrected chi connectivity index (χ4v) is 1.52. The van der Waals surface area contributed by atoms with Crippen LogP contribution >= 0.6 is 11.6 Å². The van der Waals surface area contributed by atoms with Crippen molar-refractivity contribution >= 4 is 16.8 Å². The minimum absolute atomic E-state index is 0.195. The molecule has 0 amide bonds. The van der Waals surface area contributed by atoms with Gasteiger partial charge >= 0.3 is 0 Å². The number of hydrogen-bond donors (Lipinski definition) is 0. The molecular formula is C12H15ClO3. The second-order valence-corrected chi connectivity index (χ2v) is 3.97. The molecule has 0 aliphatic carbocycles. The standard InChI is InChI=1S/C12H15ClO3/c1-8(12(13)14)6-9-4-5-10(15-2)11(7-9)16-3/h4-5,7-8H,6H2,1-3H3/t8-/m0/s1. The van der Waals surface area contributed by atoms with Crippen LogP contribution in [0, 0.1) is 5.92 Å². The Morgan fingerprint density at radius 2 is 1.94 bits per heavy atom. The van der Waals surface area contributed by atoms with E-state index >= 15 is 0 Å². The molecule has 1 rings (SSSR count). The fraction of sp³-hybridized carbons (Fsp3) is 0.417. The molecule has 0 saturated carbocycles. The molecule has 4 heteroatoms. The maximum Gasteiger partial charge on any atom is 0.224 e. The van der Waals surface area contributed by atoms with Crippen molar-refractivity contribution in [2.45, 2.75) is 13.3 Å². The Kier molecular flexibility index (Phi) is 4.62. The Morgan fingerprint density at radius 1 is 1.31 bits per heavy atom. The Balaban J connectivity index is 2.86. The molecule has 0 spiro atoms. The third-order valence-electron chi connectivity index (χ3n) is 2.38. The van der Waals surface area contributed by atoms with Crippen LogP contribution in [0.5, 0.6) is 11.5 Å². The lowest BCUT2D eigenvalue weighted by molar-refractivity contribution is -0.114. The number of hydrogen-bond acceptors (Lipinski definition) is 3. The van der Waals surface area contributed by atoms with E-state index < -0.39 is 0 Å². The molecule has 1 aromatic rings. The number of methoxy groups -OCH3 is 2. The summed E-state index contributed by atoms with van der Waals surface area (Å²) in [6.07, 6.45) is 0.600. The van der Waals surface area contributed by atoms with Gasteiger partial charge in [0.05, 0.1) is 14.2 Å². The van der Waals surface area contributed by atoms with E-state index in [1.165, 1.54) is 0 Å². The van der Waals surface area contributed by atoms with Gasteiger partial charge in [0.2, 0.25) is 5.24 Å². The van der Waals surface area contributed by atoms with Crippen molar-refractivity contribution in [3.8, 4) is 11.5 Å². The zero-order chi connectivity index (χ0) is 12.1. The number of halogens is 1. The first-order valence-corrected chi connectivity index (χ1v) is 5.36. The summed E-state index contributed by atoms with van der Waals surface area (Å²) in [5.41, 5.74) is 0.999. The van der Waals surface area contributed by atoms with Gasteiger partial charge in [0.1, 0.15) is 0 Å². The van der Waals surface area contributed by atoms with Crippen molar-refractivity contribution in [3.05, 3.63) is 23.8 Å². The lowest BCUT2D eigenvalue weighted by atomic mass is 10.0. The molecule has 88 valence electrons. The Labute approximate surface area is 100 Å². The van der Waals surface area contributed by atoms with Crippen molar-refractivity contribution in [2.75, 3.05) is 14.2 Å². The molecule has 0 aromatic heterocycles. The Bertz CT molecular complexity index is 377. The van der Waals surface area contributed by atoms with Gasteiger partial charge in [-0.05, 0) is 35.7 Å². The molecule has 1 aromatic carbocycles. The quantitative estimate of drug-likeness (QED) is 0.745. The van der Waals surface area contributed by atoms with Gasteiger partial charge in [-0.15, -0.1) is 0 Å². The molecule has 0 fully saturated rings. The van der Waals surface area contributed by atoms with Crippen LogP contribution in [-0.2, 0) is 11.2 Å². The number of benzene rings is 1. The van der Waals surface area contributed by atoms with E-state index in [-0.39, 0.29) is 11.2 Å². The van der Waals surface area contributed by atoms with Gasteiger partial charge in [0, 0.05) is 5.92 Å². The highest BCUT2D eigenvalue weighted by molar-refractivity contribution is 6.63. The summed E-state index contributed by atoms with van der Waals surface area (Å²) in [5, 5.41) is -0.324. The third kappa shape index (κ3) is 3.14. The van der Waals surface area contributed by atoms with Crippen LogP contribution in [0.3, 0.4) is 0 Å². The van der Waals surface area contributed by atoms with Crippen LogP contribution in [0.2, 0.25) is 0 Å². The molecule has 0 bridgehead atoms. The van der Waals surface area contributed by atoms with E-state index in [0.29, 0.717) is 17.9 Å². The normalized spacial score (nSPS) is 12.0. The second kappa shape index (κ2) is 5.75. The molecule has 16 heavy (non-hydrogen) atoms. The van der Waals surface area contributed by atoms with Gasteiger partial charge in [-0.1, -0.05) is 13.0 Å². The maximum atomic E-state index is 10.9. The number of ether oxygens (including phenoxy) is 2. The highest BCUT2D eigenvalue weighted by atomic mass is 35.5. The van der Waals surface area contributed by atoms with E-state index in [0.717, 1.165) is 5.56 Å². The number of rotatable bonds is 5. The predicted molar refractivity (Wildman–Crippen MR) is 63.3 cm³/mol. The van der Waals surface area contributed by atoms with Gasteiger partial charge in [0.25, 0.3) is 0 Å². The van der Waals surface area contributed by atoms with Crippen LogP contribution in [0.1, 0.15) is 12.5 Å². The van der Waals surface area contributed by atoms with Crippen LogP contribution in [0.15, 0.2) is 18.2 Å². The van der Waals surface area contributed by atoms with E-state index in [4.69, 9.17) is 21.1 Å².